The molecule has 216 valence electrons. The van der Waals surface area contributed by atoms with Gasteiger partial charge in [0, 0.05) is 26.1 Å². The number of ketones is 1. The van der Waals surface area contributed by atoms with E-state index in [1.54, 1.807) is 0 Å². The maximum atomic E-state index is 12.2. The Kier molecular flexibility index (Phi) is 9.51. The van der Waals surface area contributed by atoms with Gasteiger partial charge in [-0.15, -0.1) is 0 Å². The van der Waals surface area contributed by atoms with Gasteiger partial charge < -0.3 is 20.6 Å². The molecule has 0 aromatic rings. The van der Waals surface area contributed by atoms with Crippen molar-refractivity contribution in [2.75, 3.05) is 33.7 Å². The summed E-state index contributed by atoms with van der Waals surface area (Å²) in [5.41, 5.74) is 0.948. The molecule has 0 heterocycles. The van der Waals surface area contributed by atoms with Crippen molar-refractivity contribution in [1.82, 2.24) is 15.5 Å². The summed E-state index contributed by atoms with van der Waals surface area (Å²) >= 11 is 0. The standard InChI is InChI=1S/C22H36O.C7H15N3O3.5H2/c1-14-9-11-21(3)16(13-14)5-6-17-19-8-7-18(15(2)23)22(19,4)12-10-20(17)21;1-10(2)4-3-8-7(13)9-5-6(11)12;;;;;/h14,16-20H,5-13H2,1-4H3;3-5H2,1-2H3,(H,11,12)(H2,8,9,13);5*1H/t14-,16?,17-,18+,19?,20?,21-,22+;;;;;;/m0....../s1. The van der Waals surface area contributed by atoms with E-state index in [-0.39, 0.29) is 13.7 Å². The second kappa shape index (κ2) is 11.8. The fourth-order valence-corrected chi connectivity index (χ4v) is 8.75. The molecule has 0 spiro atoms. The second-order valence-corrected chi connectivity index (χ2v) is 13.1. The summed E-state index contributed by atoms with van der Waals surface area (Å²) in [4.78, 5) is 35.0. The van der Waals surface area contributed by atoms with Crippen molar-refractivity contribution in [3.05, 3.63) is 0 Å². The molecule has 4 fully saturated rings. The molecule has 4 aliphatic carbocycles. The maximum Gasteiger partial charge on any atom is 0.323 e. The van der Waals surface area contributed by atoms with Crippen LogP contribution in [-0.4, -0.2) is 61.5 Å². The molecule has 4 saturated carbocycles. The van der Waals surface area contributed by atoms with E-state index in [9.17, 15) is 14.4 Å². The lowest BCUT2D eigenvalue weighted by atomic mass is 9.44. The molecule has 3 N–H and O–H groups in total. The number of Topliss-reactive ketones (excluding diaryl/α,β-unsaturated/α-hetero) is 1. The van der Waals surface area contributed by atoms with E-state index in [0.29, 0.717) is 29.1 Å². The Morgan fingerprint density at radius 1 is 0.944 bits per heavy atom. The fourth-order valence-electron chi connectivity index (χ4n) is 8.75. The van der Waals surface area contributed by atoms with Crippen molar-refractivity contribution in [2.45, 2.75) is 85.5 Å². The summed E-state index contributed by atoms with van der Waals surface area (Å²) in [5.74, 6) is 4.44. The Balaban J connectivity index is -0.000000712. The third kappa shape index (κ3) is 6.25. The van der Waals surface area contributed by atoms with E-state index in [2.05, 4.69) is 31.4 Å². The Bertz CT molecular complexity index is 823. The average molecular weight is 516 g/mol. The summed E-state index contributed by atoms with van der Waals surface area (Å²) < 4.78 is 0. The molecule has 0 radical (unpaired) electrons. The summed E-state index contributed by atoms with van der Waals surface area (Å²) in [6.07, 6.45) is 12.6. The molecular weight excluding hydrogens is 454 g/mol. The molecule has 4 rings (SSSR count). The quantitative estimate of drug-likeness (QED) is 0.401. The number of carboxylic acids is 1. The van der Waals surface area contributed by atoms with Crippen molar-refractivity contribution in [2.24, 2.45) is 46.3 Å². The van der Waals surface area contributed by atoms with Crippen LogP contribution in [0.25, 0.3) is 0 Å². The number of urea groups is 1. The topological polar surface area (TPSA) is 98.7 Å². The molecule has 4 aliphatic rings. The Morgan fingerprint density at radius 2 is 1.61 bits per heavy atom. The first-order chi connectivity index (χ1) is 16.9. The number of nitrogens with zero attached hydrogens (tertiary/aromatic N) is 1. The first-order valence-corrected chi connectivity index (χ1v) is 14.3. The monoisotopic (exact) mass is 515 g/mol. The highest BCUT2D eigenvalue weighted by Gasteiger charge is 2.60. The van der Waals surface area contributed by atoms with Gasteiger partial charge in [-0.2, -0.15) is 0 Å². The number of aliphatic carboxylic acids is 1. The van der Waals surface area contributed by atoms with E-state index in [4.69, 9.17) is 5.11 Å². The normalized spacial score (nSPS) is 39.1. The maximum absolute atomic E-state index is 12.2. The third-order valence-electron chi connectivity index (χ3n) is 10.7. The molecule has 0 aromatic heterocycles. The first-order valence-electron chi connectivity index (χ1n) is 14.3. The summed E-state index contributed by atoms with van der Waals surface area (Å²) in [6.45, 7) is 10.3. The first kappa shape index (κ1) is 28.9. The lowest BCUT2D eigenvalue weighted by molar-refractivity contribution is -0.136. The lowest BCUT2D eigenvalue weighted by Crippen LogP contribution is -2.53. The number of carboxylic acid groups (broad SMARTS) is 1. The number of nitrogens with one attached hydrogen (secondary N) is 2. The number of fused-ring (bicyclic) bond motifs is 5. The van der Waals surface area contributed by atoms with E-state index >= 15 is 0 Å². The van der Waals surface area contributed by atoms with Crippen molar-refractivity contribution >= 4 is 17.8 Å². The van der Waals surface area contributed by atoms with Gasteiger partial charge >= 0.3 is 12.0 Å². The van der Waals surface area contributed by atoms with E-state index in [0.717, 1.165) is 36.1 Å². The van der Waals surface area contributed by atoms with Crippen molar-refractivity contribution < 1.29 is 26.6 Å². The summed E-state index contributed by atoms with van der Waals surface area (Å²) in [5, 5.41) is 12.9. The van der Waals surface area contributed by atoms with Crippen LogP contribution in [0.15, 0.2) is 0 Å². The number of carbonyl (C=O) groups excluding carboxylic acids is 2. The Hall–Kier alpha value is -1.63. The van der Waals surface area contributed by atoms with Crippen LogP contribution in [0.2, 0.25) is 0 Å². The van der Waals surface area contributed by atoms with Crippen molar-refractivity contribution in [1.29, 1.82) is 0 Å². The SMILES string of the molecule is CC(=O)[C@H]1CCC2[C@@H]3CCC4C[C@@H](C)CC[C@]4(C)C3CC[C@@]21C.CN(C)CCNC(=O)NCC(=O)O.[HH].[HH].[HH].[HH].[HH]. The fraction of sp³-hybridized carbons (Fsp3) is 0.897. The summed E-state index contributed by atoms with van der Waals surface area (Å²) in [6, 6.07) is -0.454. The second-order valence-electron chi connectivity index (χ2n) is 13.1. The molecule has 7 heteroatoms. The molecule has 0 bridgehead atoms. The number of likely N-dealkylation sites (N-methyl/N-ethyl adjacent to an activating group) is 1. The van der Waals surface area contributed by atoms with Crippen LogP contribution < -0.4 is 10.6 Å². The van der Waals surface area contributed by atoms with Gasteiger partial charge in [0.15, 0.2) is 0 Å². The van der Waals surface area contributed by atoms with Crippen LogP contribution in [0.3, 0.4) is 0 Å². The summed E-state index contributed by atoms with van der Waals surface area (Å²) in [7, 11) is 3.77. The number of amides is 2. The van der Waals surface area contributed by atoms with Gasteiger partial charge in [0.05, 0.1) is 0 Å². The van der Waals surface area contributed by atoms with Gasteiger partial charge in [-0.3, -0.25) is 9.59 Å². The van der Waals surface area contributed by atoms with E-state index in [1.807, 2.05) is 25.9 Å². The Morgan fingerprint density at radius 3 is 2.25 bits per heavy atom. The zero-order valence-electron chi connectivity index (χ0n) is 23.6. The van der Waals surface area contributed by atoms with Crippen LogP contribution in [0.4, 0.5) is 4.79 Å². The molecule has 7 nitrogen and oxygen atoms in total. The van der Waals surface area contributed by atoms with Crippen LogP contribution in [0.1, 0.15) is 92.6 Å². The van der Waals surface area contributed by atoms with E-state index < -0.39 is 12.0 Å². The minimum Gasteiger partial charge on any atom is -0.480 e. The van der Waals surface area contributed by atoms with Gasteiger partial charge in [0.1, 0.15) is 12.3 Å². The average Bonchev–Trinajstić information content (AvgIpc) is 3.16. The number of carbonyl (C=O) groups is 3. The smallest absolute Gasteiger partial charge is 0.323 e. The number of rotatable bonds is 6. The zero-order valence-corrected chi connectivity index (χ0v) is 23.6. The van der Waals surface area contributed by atoms with Crippen molar-refractivity contribution in [3.8, 4) is 0 Å². The van der Waals surface area contributed by atoms with Gasteiger partial charge in [0.25, 0.3) is 0 Å². The predicted molar refractivity (Wildman–Crippen MR) is 153 cm³/mol. The molecule has 0 aromatic carbocycles. The van der Waals surface area contributed by atoms with E-state index in [1.165, 1.54) is 57.8 Å². The van der Waals surface area contributed by atoms with Crippen LogP contribution in [-0.2, 0) is 9.59 Å². The van der Waals surface area contributed by atoms with Gasteiger partial charge in [-0.1, -0.05) is 27.2 Å². The largest absolute Gasteiger partial charge is 0.480 e. The molecule has 2 amide bonds. The van der Waals surface area contributed by atoms with Gasteiger partial charge in [-0.05, 0) is 113 Å². The number of hydrogen-bond acceptors (Lipinski definition) is 4. The highest BCUT2D eigenvalue weighted by atomic mass is 16.4. The molecule has 3 unspecified atom stereocenters. The highest BCUT2D eigenvalue weighted by Crippen LogP contribution is 2.67. The molecule has 36 heavy (non-hydrogen) atoms. The lowest BCUT2D eigenvalue weighted by Gasteiger charge is -2.61. The van der Waals surface area contributed by atoms with Crippen LogP contribution in [0.5, 0.6) is 0 Å². The molecule has 0 saturated heterocycles. The minimum absolute atomic E-state index is 0. The van der Waals surface area contributed by atoms with Gasteiger partial charge in [0.2, 0.25) is 0 Å². The Labute approximate surface area is 226 Å². The predicted octanol–water partition coefficient (Wildman–Crippen LogP) is 6.03. The van der Waals surface area contributed by atoms with Crippen molar-refractivity contribution in [3.63, 3.8) is 0 Å². The third-order valence-corrected chi connectivity index (χ3v) is 10.7. The number of hydrogen-bond donors (Lipinski definition) is 3. The zero-order chi connectivity index (χ0) is 26.7. The molecular formula is C29H61N3O4. The van der Waals surface area contributed by atoms with Crippen LogP contribution in [0, 0.1) is 46.3 Å². The van der Waals surface area contributed by atoms with Gasteiger partial charge in [-0.25, -0.2) is 4.79 Å². The molecule has 8 atom stereocenters. The highest BCUT2D eigenvalue weighted by molar-refractivity contribution is 5.80. The van der Waals surface area contributed by atoms with Crippen LogP contribution >= 0.6 is 0 Å². The molecule has 0 aliphatic heterocycles. The minimum atomic E-state index is -1.05.